The molecule has 0 fully saturated rings. The van der Waals surface area contributed by atoms with Crippen LogP contribution in [0.2, 0.25) is 0 Å². The molecule has 0 radical (unpaired) electrons. The van der Waals surface area contributed by atoms with Gasteiger partial charge in [-0.25, -0.2) is 4.98 Å². The van der Waals surface area contributed by atoms with Crippen LogP contribution >= 0.6 is 0 Å². The minimum atomic E-state index is 0.313. The molecule has 3 aromatic rings. The molecule has 110 valence electrons. The molecule has 0 amide bonds. The van der Waals surface area contributed by atoms with Gasteiger partial charge in [-0.2, -0.15) is 5.26 Å². The molecule has 1 aromatic carbocycles. The molecule has 0 aliphatic heterocycles. The van der Waals surface area contributed by atoms with Crippen LogP contribution in [0.5, 0.6) is 0 Å². The van der Waals surface area contributed by atoms with Crippen LogP contribution < -0.4 is 5.32 Å². The molecule has 0 saturated heterocycles. The van der Waals surface area contributed by atoms with E-state index in [1.54, 1.807) is 12.1 Å². The number of hydrogen-bond acceptors (Lipinski definition) is 5. The highest BCUT2D eigenvalue weighted by Crippen LogP contribution is 2.19. The molecule has 0 spiro atoms. The summed E-state index contributed by atoms with van der Waals surface area (Å²) in [6.07, 6.45) is 1.87. The Labute approximate surface area is 128 Å². The normalized spacial score (nSPS) is 10.8. The van der Waals surface area contributed by atoms with E-state index in [0.717, 1.165) is 16.6 Å². The summed E-state index contributed by atoms with van der Waals surface area (Å²) in [6, 6.07) is 11.9. The summed E-state index contributed by atoms with van der Waals surface area (Å²) in [7, 11) is 0. The molecule has 0 aliphatic rings. The van der Waals surface area contributed by atoms with Gasteiger partial charge < -0.3 is 9.88 Å². The molecule has 0 atom stereocenters. The van der Waals surface area contributed by atoms with Crippen LogP contribution in [0.1, 0.15) is 31.1 Å². The summed E-state index contributed by atoms with van der Waals surface area (Å²) in [6.45, 7) is 4.91. The number of anilines is 1. The van der Waals surface area contributed by atoms with Crippen molar-refractivity contribution in [3.63, 3.8) is 0 Å². The fourth-order valence-corrected chi connectivity index (χ4v) is 2.27. The van der Waals surface area contributed by atoms with Gasteiger partial charge in [0.1, 0.15) is 11.9 Å². The lowest BCUT2D eigenvalue weighted by Gasteiger charge is -2.09. The molecule has 2 heterocycles. The minimum absolute atomic E-state index is 0.313. The van der Waals surface area contributed by atoms with Crippen molar-refractivity contribution >= 4 is 16.9 Å². The quantitative estimate of drug-likeness (QED) is 0.799. The molecule has 6 nitrogen and oxygen atoms in total. The first-order valence-corrected chi connectivity index (χ1v) is 7.10. The molecule has 0 unspecified atom stereocenters. The number of aromatic nitrogens is 4. The van der Waals surface area contributed by atoms with E-state index in [-0.39, 0.29) is 0 Å². The van der Waals surface area contributed by atoms with Gasteiger partial charge >= 0.3 is 0 Å². The monoisotopic (exact) mass is 292 g/mol. The van der Waals surface area contributed by atoms with Gasteiger partial charge in [-0.15, -0.1) is 10.2 Å². The Balaban J connectivity index is 1.78. The van der Waals surface area contributed by atoms with E-state index in [1.165, 1.54) is 0 Å². The van der Waals surface area contributed by atoms with Crippen LogP contribution in [0.25, 0.3) is 11.0 Å². The number of hydrogen-bond donors (Lipinski definition) is 1. The second kappa shape index (κ2) is 5.82. The Bertz CT molecular complexity index is 826. The van der Waals surface area contributed by atoms with Gasteiger partial charge in [0.2, 0.25) is 0 Å². The zero-order valence-corrected chi connectivity index (χ0v) is 12.5. The average Bonchev–Trinajstić information content (AvgIpc) is 2.96. The van der Waals surface area contributed by atoms with E-state index >= 15 is 0 Å². The highest BCUT2D eigenvalue weighted by Gasteiger charge is 2.06. The van der Waals surface area contributed by atoms with Gasteiger partial charge in [-0.3, -0.25) is 0 Å². The summed E-state index contributed by atoms with van der Waals surface area (Å²) in [5.41, 5.74) is 3.57. The molecular formula is C16H16N6. The Morgan fingerprint density at radius 2 is 2.09 bits per heavy atom. The van der Waals surface area contributed by atoms with Gasteiger partial charge in [0.05, 0.1) is 17.4 Å². The first kappa shape index (κ1) is 14.0. The topological polar surface area (TPSA) is 79.4 Å². The van der Waals surface area contributed by atoms with E-state index in [9.17, 15) is 0 Å². The highest BCUT2D eigenvalue weighted by atomic mass is 15.2. The van der Waals surface area contributed by atoms with Gasteiger partial charge in [-0.05, 0) is 43.7 Å². The smallest absolute Gasteiger partial charge is 0.163 e. The van der Waals surface area contributed by atoms with Crippen LogP contribution in [-0.2, 0) is 6.54 Å². The maximum atomic E-state index is 8.71. The van der Waals surface area contributed by atoms with Crippen LogP contribution in [0.4, 0.5) is 5.82 Å². The molecule has 0 saturated carbocycles. The van der Waals surface area contributed by atoms with Gasteiger partial charge in [-0.1, -0.05) is 6.07 Å². The van der Waals surface area contributed by atoms with Crippen molar-refractivity contribution in [3.05, 3.63) is 47.9 Å². The molecule has 6 heteroatoms. The molecule has 22 heavy (non-hydrogen) atoms. The van der Waals surface area contributed by atoms with E-state index in [2.05, 4.69) is 45.0 Å². The SMILES string of the molecule is CC(C)n1cnc2ccc(CNc3ccc(C#N)nn3)cc21. The number of fused-ring (bicyclic) bond motifs is 1. The van der Waals surface area contributed by atoms with Crippen molar-refractivity contribution in [1.82, 2.24) is 19.7 Å². The first-order valence-electron chi connectivity index (χ1n) is 7.10. The lowest BCUT2D eigenvalue weighted by molar-refractivity contribution is 0.617. The lowest BCUT2D eigenvalue weighted by atomic mass is 10.2. The summed E-state index contributed by atoms with van der Waals surface area (Å²) in [4.78, 5) is 4.41. The molecule has 0 aliphatic carbocycles. The zero-order valence-electron chi connectivity index (χ0n) is 12.5. The molecule has 1 N–H and O–H groups in total. The van der Waals surface area contributed by atoms with Crippen molar-refractivity contribution in [1.29, 1.82) is 5.26 Å². The van der Waals surface area contributed by atoms with Crippen LogP contribution in [-0.4, -0.2) is 19.7 Å². The van der Waals surface area contributed by atoms with Gasteiger partial charge in [0.25, 0.3) is 0 Å². The van der Waals surface area contributed by atoms with Crippen molar-refractivity contribution in [2.24, 2.45) is 0 Å². The third-order valence-corrected chi connectivity index (χ3v) is 3.45. The van der Waals surface area contributed by atoms with E-state index in [4.69, 9.17) is 5.26 Å². The lowest BCUT2D eigenvalue weighted by Crippen LogP contribution is -2.03. The number of nitriles is 1. The fourth-order valence-electron chi connectivity index (χ4n) is 2.27. The summed E-state index contributed by atoms with van der Waals surface area (Å²) in [5.74, 6) is 0.650. The second-order valence-corrected chi connectivity index (χ2v) is 5.34. The predicted octanol–water partition coefficient (Wildman–Crippen LogP) is 2.89. The Morgan fingerprint density at radius 1 is 1.23 bits per heavy atom. The molecule has 0 bridgehead atoms. The highest BCUT2D eigenvalue weighted by molar-refractivity contribution is 5.76. The summed E-state index contributed by atoms with van der Waals surface area (Å²) in [5, 5.41) is 19.7. The zero-order chi connectivity index (χ0) is 15.5. The van der Waals surface area contributed by atoms with E-state index in [0.29, 0.717) is 24.1 Å². The maximum absolute atomic E-state index is 8.71. The Kier molecular flexibility index (Phi) is 3.71. The summed E-state index contributed by atoms with van der Waals surface area (Å²) >= 11 is 0. The Morgan fingerprint density at radius 3 is 2.77 bits per heavy atom. The number of rotatable bonds is 4. The van der Waals surface area contributed by atoms with Crippen molar-refractivity contribution in [2.75, 3.05) is 5.32 Å². The van der Waals surface area contributed by atoms with E-state index < -0.39 is 0 Å². The standard InChI is InChI=1S/C16H16N6/c1-11(2)22-10-19-14-5-3-12(7-15(14)22)9-18-16-6-4-13(8-17)20-21-16/h3-7,10-11H,9H2,1-2H3,(H,18,21). The van der Waals surface area contributed by atoms with Gasteiger partial charge in [0.15, 0.2) is 5.69 Å². The van der Waals surface area contributed by atoms with Crippen LogP contribution in [0.3, 0.4) is 0 Å². The molecular weight excluding hydrogens is 276 g/mol. The second-order valence-electron chi connectivity index (χ2n) is 5.34. The number of imidazole rings is 1. The van der Waals surface area contributed by atoms with Crippen molar-refractivity contribution in [3.8, 4) is 6.07 Å². The molecule has 2 aromatic heterocycles. The average molecular weight is 292 g/mol. The van der Waals surface area contributed by atoms with Gasteiger partial charge in [0, 0.05) is 12.6 Å². The third-order valence-electron chi connectivity index (χ3n) is 3.45. The van der Waals surface area contributed by atoms with E-state index in [1.807, 2.05) is 24.5 Å². The third kappa shape index (κ3) is 2.74. The van der Waals surface area contributed by atoms with Crippen molar-refractivity contribution in [2.45, 2.75) is 26.4 Å². The van der Waals surface area contributed by atoms with Crippen LogP contribution in [0, 0.1) is 11.3 Å². The summed E-state index contributed by atoms with van der Waals surface area (Å²) < 4.78 is 2.15. The van der Waals surface area contributed by atoms with Crippen LogP contribution in [0.15, 0.2) is 36.7 Å². The Hall–Kier alpha value is -2.94. The number of benzene rings is 1. The predicted molar refractivity (Wildman–Crippen MR) is 84.2 cm³/mol. The number of nitrogens with zero attached hydrogens (tertiary/aromatic N) is 5. The largest absolute Gasteiger partial charge is 0.365 e. The maximum Gasteiger partial charge on any atom is 0.163 e. The fraction of sp³-hybridized carbons (Fsp3) is 0.250. The minimum Gasteiger partial charge on any atom is -0.365 e. The first-order chi connectivity index (χ1) is 10.7. The number of nitrogens with one attached hydrogen (secondary N) is 1. The molecule has 3 rings (SSSR count). The van der Waals surface area contributed by atoms with Crippen molar-refractivity contribution < 1.29 is 0 Å².